The fraction of sp³-hybridized carbons (Fsp3) is 0.250. The van der Waals surface area contributed by atoms with Gasteiger partial charge in [-0.05, 0) is 43.9 Å². The molecule has 132 valence electrons. The Balaban J connectivity index is 1.76. The van der Waals surface area contributed by atoms with Crippen molar-refractivity contribution >= 4 is 52.0 Å². The van der Waals surface area contributed by atoms with Gasteiger partial charge in [-0.25, -0.2) is 0 Å². The summed E-state index contributed by atoms with van der Waals surface area (Å²) in [5, 5.41) is 0.774. The van der Waals surface area contributed by atoms with Crippen molar-refractivity contribution in [3.05, 3.63) is 69.7 Å². The van der Waals surface area contributed by atoms with E-state index in [-0.39, 0.29) is 5.91 Å². The normalized spacial score (nSPS) is 18.5. The van der Waals surface area contributed by atoms with Gasteiger partial charge in [0.25, 0.3) is 5.91 Å². The predicted octanol–water partition coefficient (Wildman–Crippen LogP) is 5.54. The van der Waals surface area contributed by atoms with Crippen molar-refractivity contribution in [3.63, 3.8) is 0 Å². The van der Waals surface area contributed by atoms with E-state index < -0.39 is 5.66 Å². The molecule has 1 saturated carbocycles. The average molecular weight is 403 g/mol. The number of hydrogen-bond donors (Lipinski definition) is 0. The molecule has 4 rings (SSSR count). The molecule has 2 aromatic carbocycles. The molecule has 1 spiro atoms. The van der Waals surface area contributed by atoms with Crippen LogP contribution < -0.4 is 0 Å². The van der Waals surface area contributed by atoms with Gasteiger partial charge in [-0.15, -0.1) is 0 Å². The van der Waals surface area contributed by atoms with Crippen LogP contribution in [0.25, 0.3) is 0 Å². The number of amides is 1. The molecular weight excluding hydrogens is 387 g/mol. The Kier molecular flexibility index (Phi) is 4.59. The van der Waals surface area contributed by atoms with Gasteiger partial charge in [0.2, 0.25) is 0 Å². The number of halogens is 2. The monoisotopic (exact) mass is 402 g/mol. The summed E-state index contributed by atoms with van der Waals surface area (Å²) in [6.07, 6.45) is 3.69. The Morgan fingerprint density at radius 1 is 1.04 bits per heavy atom. The fourth-order valence-corrected chi connectivity index (χ4v) is 4.42. The quantitative estimate of drug-likeness (QED) is 0.617. The molecule has 1 amide bonds. The summed E-state index contributed by atoms with van der Waals surface area (Å²) in [7, 11) is 0. The molecule has 0 N–H and O–H groups in total. The number of thiocarbonyl (C=S) groups is 1. The van der Waals surface area contributed by atoms with Crippen LogP contribution in [-0.4, -0.2) is 27.2 Å². The molecule has 0 atom stereocenters. The van der Waals surface area contributed by atoms with Gasteiger partial charge in [0.05, 0.1) is 10.0 Å². The van der Waals surface area contributed by atoms with Crippen molar-refractivity contribution < 1.29 is 4.79 Å². The first-order valence-electron chi connectivity index (χ1n) is 8.51. The van der Waals surface area contributed by atoms with Crippen molar-refractivity contribution in [2.45, 2.75) is 31.3 Å². The van der Waals surface area contributed by atoms with E-state index in [4.69, 9.17) is 40.4 Å². The molecule has 0 unspecified atom stereocenters. The van der Waals surface area contributed by atoms with Crippen molar-refractivity contribution in [1.82, 2.24) is 4.90 Å². The summed E-state index contributed by atoms with van der Waals surface area (Å²) in [4.78, 5) is 20.5. The fourth-order valence-electron chi connectivity index (χ4n) is 3.70. The van der Waals surface area contributed by atoms with Gasteiger partial charge < -0.3 is 0 Å². The zero-order valence-electron chi connectivity index (χ0n) is 13.9. The smallest absolute Gasteiger partial charge is 0.261 e. The first-order valence-corrected chi connectivity index (χ1v) is 9.67. The third-order valence-electron chi connectivity index (χ3n) is 4.96. The van der Waals surface area contributed by atoms with Crippen LogP contribution in [0, 0.1) is 0 Å². The first-order chi connectivity index (χ1) is 12.5. The van der Waals surface area contributed by atoms with Gasteiger partial charge in [0, 0.05) is 11.1 Å². The van der Waals surface area contributed by atoms with Gasteiger partial charge in [-0.2, -0.15) is 0 Å². The van der Waals surface area contributed by atoms with E-state index in [0.29, 0.717) is 20.6 Å². The Morgan fingerprint density at radius 3 is 2.38 bits per heavy atom. The lowest BCUT2D eigenvalue weighted by Crippen LogP contribution is -2.48. The van der Waals surface area contributed by atoms with Gasteiger partial charge in [-0.3, -0.25) is 14.7 Å². The van der Waals surface area contributed by atoms with Crippen LogP contribution in [0.5, 0.6) is 0 Å². The van der Waals surface area contributed by atoms with E-state index in [2.05, 4.69) is 0 Å². The number of hydrogen-bond acceptors (Lipinski definition) is 3. The third-order valence-corrected chi connectivity index (χ3v) is 6.08. The third kappa shape index (κ3) is 2.86. The summed E-state index contributed by atoms with van der Waals surface area (Å²) in [5.74, 6) is -0.176. The van der Waals surface area contributed by atoms with Crippen LogP contribution in [0.2, 0.25) is 10.0 Å². The van der Waals surface area contributed by atoms with Gasteiger partial charge in [-0.1, -0.05) is 65.8 Å². The lowest BCUT2D eigenvalue weighted by atomic mass is 10.1. The number of aliphatic imine (C=N–C) groups is 1. The highest BCUT2D eigenvalue weighted by Gasteiger charge is 2.50. The molecule has 1 aliphatic carbocycles. The Morgan fingerprint density at radius 2 is 1.73 bits per heavy atom. The molecule has 1 fully saturated rings. The largest absolute Gasteiger partial charge is 0.271 e. The zero-order valence-corrected chi connectivity index (χ0v) is 16.2. The van der Waals surface area contributed by atoms with Crippen LogP contribution in [0.15, 0.2) is 53.5 Å². The van der Waals surface area contributed by atoms with Crippen LogP contribution in [-0.2, 0) is 0 Å². The van der Waals surface area contributed by atoms with Crippen molar-refractivity contribution in [2.24, 2.45) is 4.99 Å². The minimum absolute atomic E-state index is 0.176. The number of rotatable bonds is 2. The van der Waals surface area contributed by atoms with E-state index in [1.807, 2.05) is 30.3 Å². The second-order valence-corrected chi connectivity index (χ2v) is 7.79. The van der Waals surface area contributed by atoms with Crippen LogP contribution in [0.1, 0.15) is 41.6 Å². The van der Waals surface area contributed by atoms with E-state index in [1.165, 1.54) is 0 Å². The summed E-state index contributed by atoms with van der Waals surface area (Å²) >= 11 is 17.8. The Labute approximate surface area is 167 Å². The molecule has 0 saturated heterocycles. The number of nitrogens with zero attached hydrogens (tertiary/aromatic N) is 2. The molecule has 2 aromatic rings. The average Bonchev–Trinajstić information content (AvgIpc) is 3.23. The molecule has 3 nitrogen and oxygen atoms in total. The first kappa shape index (κ1) is 17.7. The maximum Gasteiger partial charge on any atom is 0.261 e. The maximum atomic E-state index is 13.3. The van der Waals surface area contributed by atoms with Gasteiger partial charge >= 0.3 is 0 Å². The number of carbonyl (C=O) groups excluding carboxylic acids is 1. The molecule has 2 aliphatic rings. The summed E-state index contributed by atoms with van der Waals surface area (Å²) in [6, 6.07) is 14.7. The number of benzene rings is 2. The van der Waals surface area contributed by atoms with Crippen molar-refractivity contribution in [1.29, 1.82) is 0 Å². The molecule has 1 aliphatic heterocycles. The maximum absolute atomic E-state index is 13.3. The van der Waals surface area contributed by atoms with Crippen molar-refractivity contribution in [2.75, 3.05) is 0 Å². The Hall–Kier alpha value is -1.75. The van der Waals surface area contributed by atoms with Gasteiger partial charge in [0.15, 0.2) is 0 Å². The number of carbonyl (C=O) groups is 1. The van der Waals surface area contributed by atoms with E-state index >= 15 is 0 Å². The second-order valence-electron chi connectivity index (χ2n) is 6.59. The summed E-state index contributed by atoms with van der Waals surface area (Å²) < 4.78 is 0. The lowest BCUT2D eigenvalue weighted by Gasteiger charge is -2.32. The standard InChI is InChI=1S/C20H16Cl2N2OS/c21-15-9-8-14(12-16(15)22)18(25)24-19(26)17(13-6-2-1-3-7-13)23-20(24)10-4-5-11-20/h1-3,6-9,12H,4-5,10-11H2. The Bertz CT molecular complexity index is 921. The molecule has 0 bridgehead atoms. The second kappa shape index (κ2) is 6.76. The predicted molar refractivity (Wildman–Crippen MR) is 109 cm³/mol. The van der Waals surface area contributed by atoms with E-state index in [0.717, 1.165) is 37.0 Å². The van der Waals surface area contributed by atoms with E-state index in [1.54, 1.807) is 23.1 Å². The van der Waals surface area contributed by atoms with Crippen LogP contribution in [0.3, 0.4) is 0 Å². The van der Waals surface area contributed by atoms with Crippen LogP contribution in [0.4, 0.5) is 0 Å². The molecule has 0 radical (unpaired) electrons. The van der Waals surface area contributed by atoms with Crippen LogP contribution >= 0.6 is 35.4 Å². The molecule has 6 heteroatoms. The highest BCUT2D eigenvalue weighted by atomic mass is 35.5. The zero-order chi connectivity index (χ0) is 18.3. The highest BCUT2D eigenvalue weighted by molar-refractivity contribution is 7.82. The van der Waals surface area contributed by atoms with E-state index in [9.17, 15) is 4.79 Å². The SMILES string of the molecule is O=C(c1ccc(Cl)c(Cl)c1)N1C(=S)C(c2ccccc2)=NC12CCCC2. The molecule has 26 heavy (non-hydrogen) atoms. The molecular formula is C20H16Cl2N2OS. The lowest BCUT2D eigenvalue weighted by molar-refractivity contribution is 0.0724. The molecule has 1 heterocycles. The minimum atomic E-state index is -0.578. The van der Waals surface area contributed by atoms with Gasteiger partial charge in [0.1, 0.15) is 16.4 Å². The summed E-state index contributed by atoms with van der Waals surface area (Å²) in [6.45, 7) is 0. The molecule has 0 aromatic heterocycles. The topological polar surface area (TPSA) is 32.7 Å². The van der Waals surface area contributed by atoms with Crippen molar-refractivity contribution in [3.8, 4) is 0 Å². The minimum Gasteiger partial charge on any atom is -0.271 e. The summed E-state index contributed by atoms with van der Waals surface area (Å²) in [5.41, 5.74) is 1.55. The highest BCUT2D eigenvalue weighted by Crippen LogP contribution is 2.42.